The lowest BCUT2D eigenvalue weighted by atomic mass is 10.2. The average Bonchev–Trinajstić information content (AvgIpc) is 2.06. The van der Waals surface area contributed by atoms with E-state index in [2.05, 4.69) is 31.9 Å². The highest BCUT2D eigenvalue weighted by molar-refractivity contribution is 9.13. The Morgan fingerprint density at radius 3 is 2.36 bits per heavy atom. The summed E-state index contributed by atoms with van der Waals surface area (Å²) in [7, 11) is -3.89. The summed E-state index contributed by atoms with van der Waals surface area (Å²) in [6.07, 6.45) is 0.275. The van der Waals surface area contributed by atoms with Crippen molar-refractivity contribution in [1.82, 2.24) is 0 Å². The Balaban J connectivity index is 2.69. The zero-order valence-corrected chi connectivity index (χ0v) is 11.2. The van der Waals surface area contributed by atoms with Crippen molar-refractivity contribution >= 4 is 39.5 Å². The lowest BCUT2D eigenvalue weighted by Crippen LogP contribution is -1.93. The SMILES string of the molecule is O=P(O)(O)CCc1ccc(Br)c(Br)c1. The average molecular weight is 344 g/mol. The van der Waals surface area contributed by atoms with Gasteiger partial charge in [-0.2, -0.15) is 0 Å². The first-order chi connectivity index (χ1) is 6.38. The minimum atomic E-state index is -3.89. The highest BCUT2D eigenvalue weighted by Gasteiger charge is 2.12. The minimum absolute atomic E-state index is 0.110. The van der Waals surface area contributed by atoms with Crippen molar-refractivity contribution in [2.24, 2.45) is 0 Å². The summed E-state index contributed by atoms with van der Waals surface area (Å²) in [5.41, 5.74) is 0.906. The number of benzene rings is 1. The number of hydrogen-bond acceptors (Lipinski definition) is 1. The van der Waals surface area contributed by atoms with Crippen LogP contribution in [0.4, 0.5) is 0 Å². The van der Waals surface area contributed by atoms with Crippen molar-refractivity contribution in [1.29, 1.82) is 0 Å². The van der Waals surface area contributed by atoms with Gasteiger partial charge < -0.3 is 9.79 Å². The van der Waals surface area contributed by atoms with Crippen molar-refractivity contribution in [2.45, 2.75) is 6.42 Å². The van der Waals surface area contributed by atoms with Crippen molar-refractivity contribution in [3.8, 4) is 0 Å². The van der Waals surface area contributed by atoms with Crippen molar-refractivity contribution < 1.29 is 14.4 Å². The molecule has 3 nitrogen and oxygen atoms in total. The summed E-state index contributed by atoms with van der Waals surface area (Å²) in [6.45, 7) is 0. The van der Waals surface area contributed by atoms with Gasteiger partial charge in [-0.25, -0.2) is 0 Å². The van der Waals surface area contributed by atoms with E-state index in [4.69, 9.17) is 9.79 Å². The maximum absolute atomic E-state index is 10.6. The second kappa shape index (κ2) is 4.90. The molecule has 14 heavy (non-hydrogen) atoms. The van der Waals surface area contributed by atoms with Crippen LogP contribution in [-0.4, -0.2) is 15.9 Å². The molecule has 0 unspecified atom stereocenters. The number of hydrogen-bond donors (Lipinski definition) is 2. The summed E-state index contributed by atoms with van der Waals surface area (Å²) >= 11 is 6.65. The third kappa shape index (κ3) is 4.24. The molecule has 0 saturated carbocycles. The molecule has 0 fully saturated rings. The molecule has 0 aliphatic carbocycles. The van der Waals surface area contributed by atoms with Crippen LogP contribution in [0.3, 0.4) is 0 Å². The Hall–Kier alpha value is 0.330. The third-order valence-corrected chi connectivity index (χ3v) is 4.36. The van der Waals surface area contributed by atoms with E-state index in [0.717, 1.165) is 14.5 Å². The van der Waals surface area contributed by atoms with Crippen LogP contribution in [0.25, 0.3) is 0 Å². The second-order valence-corrected chi connectivity index (χ2v) is 6.37. The number of rotatable bonds is 3. The van der Waals surface area contributed by atoms with E-state index in [1.165, 1.54) is 0 Å². The Labute approximate surface area is 98.9 Å². The molecule has 78 valence electrons. The first kappa shape index (κ1) is 12.4. The minimum Gasteiger partial charge on any atom is -0.324 e. The van der Waals surface area contributed by atoms with Crippen LogP contribution in [0.5, 0.6) is 0 Å². The Bertz CT molecular complexity index is 375. The summed E-state index contributed by atoms with van der Waals surface area (Å²) in [4.78, 5) is 17.4. The molecular weight excluding hydrogens is 335 g/mol. The van der Waals surface area contributed by atoms with E-state index >= 15 is 0 Å². The molecule has 1 aromatic rings. The first-order valence-corrected chi connectivity index (χ1v) is 7.25. The van der Waals surface area contributed by atoms with E-state index in [0.29, 0.717) is 6.42 Å². The zero-order chi connectivity index (χ0) is 10.8. The monoisotopic (exact) mass is 342 g/mol. The normalized spacial score (nSPS) is 11.7. The molecule has 0 heterocycles. The largest absolute Gasteiger partial charge is 0.325 e. The van der Waals surface area contributed by atoms with E-state index in [-0.39, 0.29) is 6.16 Å². The van der Waals surface area contributed by atoms with Crippen LogP contribution >= 0.6 is 39.5 Å². The molecule has 0 aliphatic rings. The van der Waals surface area contributed by atoms with Crippen LogP contribution < -0.4 is 0 Å². The maximum atomic E-state index is 10.6. The molecule has 1 rings (SSSR count). The molecule has 0 aliphatic heterocycles. The molecule has 1 aromatic carbocycles. The predicted octanol–water partition coefficient (Wildman–Crippen LogP) is 2.93. The highest BCUT2D eigenvalue weighted by atomic mass is 79.9. The fourth-order valence-electron chi connectivity index (χ4n) is 0.970. The topological polar surface area (TPSA) is 57.5 Å². The van der Waals surface area contributed by atoms with E-state index in [9.17, 15) is 4.57 Å². The van der Waals surface area contributed by atoms with Gasteiger partial charge in [-0.3, -0.25) is 4.57 Å². The van der Waals surface area contributed by atoms with Gasteiger partial charge in [0.25, 0.3) is 0 Å². The third-order valence-electron chi connectivity index (χ3n) is 1.68. The first-order valence-electron chi connectivity index (χ1n) is 3.87. The second-order valence-electron chi connectivity index (χ2n) is 2.89. The van der Waals surface area contributed by atoms with Gasteiger partial charge in [-0.05, 0) is 56.0 Å². The smallest absolute Gasteiger partial charge is 0.324 e. The van der Waals surface area contributed by atoms with Crippen LogP contribution in [-0.2, 0) is 11.0 Å². The molecule has 0 saturated heterocycles. The lowest BCUT2D eigenvalue weighted by Gasteiger charge is -2.05. The summed E-state index contributed by atoms with van der Waals surface area (Å²) < 4.78 is 12.4. The summed E-state index contributed by atoms with van der Waals surface area (Å²) in [5, 5.41) is 0. The quantitative estimate of drug-likeness (QED) is 0.830. The molecule has 0 bridgehead atoms. The van der Waals surface area contributed by atoms with Gasteiger partial charge in [0.15, 0.2) is 0 Å². The van der Waals surface area contributed by atoms with Crippen LogP contribution in [0, 0.1) is 0 Å². The molecule has 0 spiro atoms. The maximum Gasteiger partial charge on any atom is 0.325 e. The standard InChI is InChI=1S/C8H9Br2O3P/c9-7-2-1-6(5-8(7)10)3-4-14(11,12)13/h1-2,5H,3-4H2,(H2,11,12,13). The fraction of sp³-hybridized carbons (Fsp3) is 0.250. The molecule has 0 radical (unpaired) electrons. The number of aryl methyl sites for hydroxylation is 1. The zero-order valence-electron chi connectivity index (χ0n) is 7.15. The van der Waals surface area contributed by atoms with Gasteiger partial charge in [0, 0.05) is 8.95 Å². The van der Waals surface area contributed by atoms with Gasteiger partial charge in [0.2, 0.25) is 0 Å². The van der Waals surface area contributed by atoms with Crippen molar-refractivity contribution in [3.63, 3.8) is 0 Å². The van der Waals surface area contributed by atoms with Crippen molar-refractivity contribution in [3.05, 3.63) is 32.7 Å². The van der Waals surface area contributed by atoms with Gasteiger partial charge in [0.1, 0.15) is 0 Å². The Morgan fingerprint density at radius 2 is 1.86 bits per heavy atom. The molecule has 0 aromatic heterocycles. The molecule has 6 heteroatoms. The highest BCUT2D eigenvalue weighted by Crippen LogP contribution is 2.35. The van der Waals surface area contributed by atoms with Crippen molar-refractivity contribution in [2.75, 3.05) is 6.16 Å². The van der Waals surface area contributed by atoms with E-state index in [1.807, 2.05) is 18.2 Å². The van der Waals surface area contributed by atoms with E-state index < -0.39 is 7.60 Å². The van der Waals surface area contributed by atoms with Gasteiger partial charge in [0.05, 0.1) is 6.16 Å². The van der Waals surface area contributed by atoms with Crippen LogP contribution in [0.15, 0.2) is 27.1 Å². The lowest BCUT2D eigenvalue weighted by molar-refractivity contribution is 0.373. The molecule has 0 amide bonds. The number of halogens is 2. The Morgan fingerprint density at radius 1 is 1.21 bits per heavy atom. The summed E-state index contributed by atoms with van der Waals surface area (Å²) in [5.74, 6) is 0. The van der Waals surface area contributed by atoms with Gasteiger partial charge >= 0.3 is 7.60 Å². The molecular formula is C8H9Br2O3P. The van der Waals surface area contributed by atoms with Crippen LogP contribution in [0.1, 0.15) is 5.56 Å². The van der Waals surface area contributed by atoms with Crippen LogP contribution in [0.2, 0.25) is 0 Å². The van der Waals surface area contributed by atoms with Gasteiger partial charge in [-0.1, -0.05) is 6.07 Å². The van der Waals surface area contributed by atoms with E-state index in [1.54, 1.807) is 0 Å². The molecule has 0 atom stereocenters. The molecule has 2 N–H and O–H groups in total. The predicted molar refractivity (Wildman–Crippen MR) is 62.5 cm³/mol. The Kier molecular flexibility index (Phi) is 4.34. The fourth-order valence-corrected chi connectivity index (χ4v) is 2.19. The summed E-state index contributed by atoms with van der Waals surface area (Å²) in [6, 6.07) is 5.53. The van der Waals surface area contributed by atoms with Gasteiger partial charge in [-0.15, -0.1) is 0 Å².